The van der Waals surface area contributed by atoms with E-state index in [1.807, 2.05) is 36.4 Å². The number of aromatic nitrogens is 6. The molecule has 0 bridgehead atoms. The molecular formula is C26H15N6. The molecule has 8 aromatic rings. The van der Waals surface area contributed by atoms with Crippen LogP contribution in [0.3, 0.4) is 0 Å². The summed E-state index contributed by atoms with van der Waals surface area (Å²) >= 11 is 0. The number of hydrogen-bond acceptors (Lipinski definition) is 2. The van der Waals surface area contributed by atoms with E-state index in [-0.39, 0.29) is 0 Å². The van der Waals surface area contributed by atoms with Gasteiger partial charge in [0.05, 0.1) is 49.8 Å². The molecule has 0 aliphatic heterocycles. The van der Waals surface area contributed by atoms with E-state index in [0.717, 1.165) is 61.4 Å². The quantitative estimate of drug-likeness (QED) is 0.387. The Hall–Kier alpha value is -4.58. The number of para-hydroxylation sites is 6. The molecule has 1 N–H and O–H groups in total. The molecular weight excluding hydrogens is 396 g/mol. The molecule has 0 saturated heterocycles. The summed E-state index contributed by atoms with van der Waals surface area (Å²) < 4.78 is 6.61. The Morgan fingerprint density at radius 1 is 0.625 bits per heavy atom. The van der Waals surface area contributed by atoms with Crippen molar-refractivity contribution in [1.82, 2.24) is 28.3 Å². The fraction of sp³-hybridized carbons (Fsp3) is 0. The summed E-state index contributed by atoms with van der Waals surface area (Å²) in [5, 5.41) is 0. The fourth-order valence-electron chi connectivity index (χ4n) is 5.01. The summed E-state index contributed by atoms with van der Waals surface area (Å²) in [7, 11) is 0. The number of imidazole rings is 4. The highest BCUT2D eigenvalue weighted by Gasteiger charge is 2.20. The van der Waals surface area contributed by atoms with E-state index in [1.54, 1.807) is 0 Å². The zero-order valence-corrected chi connectivity index (χ0v) is 16.8. The predicted molar refractivity (Wildman–Crippen MR) is 126 cm³/mol. The minimum absolute atomic E-state index is 0.822. The number of aromatic amines is 1. The number of fused-ring (bicyclic) bond motifs is 10. The predicted octanol–water partition coefficient (Wildman–Crippen LogP) is 5.51. The van der Waals surface area contributed by atoms with Crippen molar-refractivity contribution in [2.45, 2.75) is 0 Å². The average molecular weight is 411 g/mol. The van der Waals surface area contributed by atoms with Gasteiger partial charge in [0.15, 0.2) is 0 Å². The van der Waals surface area contributed by atoms with Crippen molar-refractivity contribution in [1.29, 1.82) is 0 Å². The molecule has 0 spiro atoms. The molecule has 1 radical (unpaired) electrons. The zero-order chi connectivity index (χ0) is 20.8. The number of nitrogens with one attached hydrogen (secondary N) is 1. The Labute approximate surface area is 181 Å². The van der Waals surface area contributed by atoms with Gasteiger partial charge in [-0.1, -0.05) is 36.4 Å². The van der Waals surface area contributed by atoms with Crippen LogP contribution in [-0.2, 0) is 0 Å². The van der Waals surface area contributed by atoms with Gasteiger partial charge in [0.2, 0.25) is 11.6 Å². The van der Waals surface area contributed by atoms with Crippen LogP contribution >= 0.6 is 0 Å². The molecule has 6 heteroatoms. The Kier molecular flexibility index (Phi) is 2.81. The van der Waals surface area contributed by atoms with Crippen LogP contribution in [0.25, 0.3) is 61.4 Å². The third-order valence-corrected chi connectivity index (χ3v) is 6.34. The minimum atomic E-state index is 0.822. The van der Waals surface area contributed by atoms with Crippen molar-refractivity contribution < 1.29 is 0 Å². The lowest BCUT2D eigenvalue weighted by Gasteiger charge is -2.06. The first-order valence-corrected chi connectivity index (χ1v) is 10.5. The Morgan fingerprint density at radius 2 is 1.28 bits per heavy atom. The maximum atomic E-state index is 5.00. The molecule has 0 aliphatic rings. The molecule has 4 heterocycles. The summed E-state index contributed by atoms with van der Waals surface area (Å²) in [6, 6.07) is 32.3. The van der Waals surface area contributed by atoms with Crippen LogP contribution in [0.4, 0.5) is 0 Å². The van der Waals surface area contributed by atoms with Gasteiger partial charge in [0.25, 0.3) is 0 Å². The Balaban J connectivity index is 1.57. The van der Waals surface area contributed by atoms with Crippen LogP contribution in [0.5, 0.6) is 0 Å². The van der Waals surface area contributed by atoms with Crippen LogP contribution in [0.2, 0.25) is 0 Å². The highest BCUT2D eigenvalue weighted by atomic mass is 15.2. The summed E-state index contributed by atoms with van der Waals surface area (Å²) in [6.07, 6.45) is 0. The number of rotatable bonds is 1. The summed E-state index contributed by atoms with van der Waals surface area (Å²) in [4.78, 5) is 13.4. The average Bonchev–Trinajstić information content (AvgIpc) is 3.55. The van der Waals surface area contributed by atoms with E-state index in [9.17, 15) is 0 Å². The first kappa shape index (κ1) is 16.2. The van der Waals surface area contributed by atoms with Crippen molar-refractivity contribution >= 4 is 55.7 Å². The van der Waals surface area contributed by atoms with Crippen molar-refractivity contribution in [3.05, 3.63) is 91.0 Å². The van der Waals surface area contributed by atoms with E-state index in [4.69, 9.17) is 9.97 Å². The smallest absolute Gasteiger partial charge is 0.220 e. The van der Waals surface area contributed by atoms with Crippen molar-refractivity contribution in [2.75, 3.05) is 0 Å². The van der Waals surface area contributed by atoms with Crippen LogP contribution in [0.1, 0.15) is 0 Å². The molecule has 8 rings (SSSR count). The maximum Gasteiger partial charge on any atom is 0.220 e. The molecule has 6 nitrogen and oxygen atoms in total. The number of hydrogen-bond donors (Lipinski definition) is 1. The van der Waals surface area contributed by atoms with Crippen LogP contribution in [0, 0.1) is 6.07 Å². The van der Waals surface area contributed by atoms with Gasteiger partial charge in [-0.25, -0.2) is 9.97 Å². The SMILES string of the molecule is [c]1cc(-n2c3ccccc3n3c4ccccc4nc23)c2[nH]c3nc4ccccc4n3c2c1. The summed E-state index contributed by atoms with van der Waals surface area (Å²) in [6.45, 7) is 0. The highest BCUT2D eigenvalue weighted by molar-refractivity contribution is 5.97. The van der Waals surface area contributed by atoms with Gasteiger partial charge in [0.1, 0.15) is 0 Å². The monoisotopic (exact) mass is 411 g/mol. The lowest BCUT2D eigenvalue weighted by molar-refractivity contribution is 1.11. The zero-order valence-electron chi connectivity index (χ0n) is 16.8. The normalized spacial score (nSPS) is 12.4. The van der Waals surface area contributed by atoms with Crippen LogP contribution in [-0.4, -0.2) is 28.3 Å². The van der Waals surface area contributed by atoms with Gasteiger partial charge in [0, 0.05) is 0 Å². The van der Waals surface area contributed by atoms with E-state index in [2.05, 4.69) is 72.9 Å². The lowest BCUT2D eigenvalue weighted by Crippen LogP contribution is -1.96. The van der Waals surface area contributed by atoms with E-state index in [1.165, 1.54) is 0 Å². The van der Waals surface area contributed by atoms with E-state index in [0.29, 0.717) is 0 Å². The third-order valence-electron chi connectivity index (χ3n) is 6.34. The summed E-state index contributed by atoms with van der Waals surface area (Å²) in [5.41, 5.74) is 9.39. The van der Waals surface area contributed by atoms with E-state index < -0.39 is 0 Å². The molecule has 0 unspecified atom stereocenters. The van der Waals surface area contributed by atoms with Crippen molar-refractivity contribution in [2.24, 2.45) is 0 Å². The maximum absolute atomic E-state index is 5.00. The topological polar surface area (TPSA) is 55.3 Å². The van der Waals surface area contributed by atoms with Gasteiger partial charge in [-0.15, -0.1) is 0 Å². The molecule has 0 atom stereocenters. The molecule has 4 aromatic heterocycles. The van der Waals surface area contributed by atoms with Gasteiger partial charge in [-0.05, 0) is 54.6 Å². The third kappa shape index (κ3) is 1.85. The van der Waals surface area contributed by atoms with Gasteiger partial charge in [-0.3, -0.25) is 13.4 Å². The molecule has 32 heavy (non-hydrogen) atoms. The standard InChI is InChI=1S/C26H15N6/c1-3-10-18-16(8-1)27-25-29-24-22(30(18)25)14-7-15-23(24)32-21-13-6-5-12-20(21)31-19-11-4-2-9-17(19)28-26(31)32/h1-6,8-15H,(H,27,29). The van der Waals surface area contributed by atoms with Crippen LogP contribution < -0.4 is 0 Å². The van der Waals surface area contributed by atoms with E-state index >= 15 is 0 Å². The van der Waals surface area contributed by atoms with Gasteiger partial charge >= 0.3 is 0 Å². The Morgan fingerprint density at radius 3 is 2.09 bits per heavy atom. The lowest BCUT2D eigenvalue weighted by atomic mass is 10.2. The van der Waals surface area contributed by atoms with Crippen LogP contribution in [0.15, 0.2) is 84.9 Å². The number of H-pyrrole nitrogens is 1. The molecule has 149 valence electrons. The fourth-order valence-corrected chi connectivity index (χ4v) is 5.01. The summed E-state index contributed by atoms with van der Waals surface area (Å²) in [5.74, 6) is 1.70. The first-order valence-electron chi connectivity index (χ1n) is 10.5. The molecule has 4 aromatic carbocycles. The second-order valence-corrected chi connectivity index (χ2v) is 8.05. The second kappa shape index (κ2) is 5.56. The van der Waals surface area contributed by atoms with Crippen molar-refractivity contribution in [3.8, 4) is 5.69 Å². The first-order chi connectivity index (χ1) is 15.9. The molecule has 0 aliphatic carbocycles. The van der Waals surface area contributed by atoms with Gasteiger partial charge in [-0.2, -0.15) is 0 Å². The number of benzene rings is 4. The second-order valence-electron chi connectivity index (χ2n) is 8.05. The molecule has 0 saturated carbocycles. The van der Waals surface area contributed by atoms with Crippen molar-refractivity contribution in [3.63, 3.8) is 0 Å². The molecule has 0 amide bonds. The largest absolute Gasteiger partial charge is 0.322 e. The Bertz CT molecular complexity index is 2000. The highest BCUT2D eigenvalue weighted by Crippen LogP contribution is 2.33. The minimum Gasteiger partial charge on any atom is -0.322 e. The number of nitrogens with zero attached hydrogens (tertiary/aromatic N) is 5. The molecule has 0 fully saturated rings. The van der Waals surface area contributed by atoms with Gasteiger partial charge < -0.3 is 4.98 Å².